The standard InChI is InChI=1S/C14H15NO4/c1-8(16)9-3-2-4-10(7-9)15-13(17)11-5-6-12(11)14(18)19/h2-4,7,11-12H,5-6H2,1H3,(H,15,17)(H,18,19). The maximum absolute atomic E-state index is 11.9. The number of rotatable bonds is 4. The van der Waals surface area contributed by atoms with E-state index in [1.165, 1.54) is 6.92 Å². The van der Waals surface area contributed by atoms with Gasteiger partial charge in [-0.2, -0.15) is 0 Å². The van der Waals surface area contributed by atoms with E-state index in [1.54, 1.807) is 24.3 Å². The van der Waals surface area contributed by atoms with Crippen molar-refractivity contribution in [1.29, 1.82) is 0 Å². The Bertz CT molecular complexity index is 538. The summed E-state index contributed by atoms with van der Waals surface area (Å²) in [5.41, 5.74) is 1.04. The van der Waals surface area contributed by atoms with E-state index >= 15 is 0 Å². The predicted molar refractivity (Wildman–Crippen MR) is 68.9 cm³/mol. The lowest BCUT2D eigenvalue weighted by Crippen LogP contribution is -2.41. The fraction of sp³-hybridized carbons (Fsp3) is 0.357. The van der Waals surface area contributed by atoms with Gasteiger partial charge in [-0.05, 0) is 31.9 Å². The second-order valence-electron chi connectivity index (χ2n) is 4.75. The third-order valence-electron chi connectivity index (χ3n) is 3.46. The first kappa shape index (κ1) is 13.3. The number of ketones is 1. The van der Waals surface area contributed by atoms with Crippen molar-refractivity contribution >= 4 is 23.3 Å². The van der Waals surface area contributed by atoms with Crippen molar-refractivity contribution in [3.05, 3.63) is 29.8 Å². The molecule has 2 atom stereocenters. The highest BCUT2D eigenvalue weighted by molar-refractivity contribution is 5.98. The minimum Gasteiger partial charge on any atom is -0.481 e. The maximum Gasteiger partial charge on any atom is 0.307 e. The van der Waals surface area contributed by atoms with Crippen molar-refractivity contribution in [3.8, 4) is 0 Å². The van der Waals surface area contributed by atoms with Crippen LogP contribution in [-0.4, -0.2) is 22.8 Å². The van der Waals surface area contributed by atoms with Gasteiger partial charge in [0.2, 0.25) is 5.91 Å². The van der Waals surface area contributed by atoms with Gasteiger partial charge in [-0.15, -0.1) is 0 Å². The molecule has 19 heavy (non-hydrogen) atoms. The Morgan fingerprint density at radius 1 is 1.21 bits per heavy atom. The number of hydrogen-bond acceptors (Lipinski definition) is 3. The number of hydrogen-bond donors (Lipinski definition) is 2. The molecule has 1 aliphatic carbocycles. The van der Waals surface area contributed by atoms with E-state index in [1.807, 2.05) is 0 Å². The Balaban J connectivity index is 2.05. The molecule has 5 nitrogen and oxygen atoms in total. The molecular weight excluding hydrogens is 246 g/mol. The highest BCUT2D eigenvalue weighted by Crippen LogP contribution is 2.35. The van der Waals surface area contributed by atoms with Crippen LogP contribution in [0.1, 0.15) is 30.1 Å². The van der Waals surface area contributed by atoms with Gasteiger partial charge in [0, 0.05) is 11.3 Å². The number of anilines is 1. The summed E-state index contributed by atoms with van der Waals surface area (Å²) in [7, 11) is 0. The average molecular weight is 261 g/mol. The second-order valence-corrected chi connectivity index (χ2v) is 4.75. The van der Waals surface area contributed by atoms with Crippen LogP contribution in [0.5, 0.6) is 0 Å². The van der Waals surface area contributed by atoms with E-state index in [0.717, 1.165) is 0 Å². The lowest BCUT2D eigenvalue weighted by molar-refractivity contribution is -0.151. The number of aliphatic carboxylic acids is 1. The Labute approximate surface area is 110 Å². The number of carboxylic acid groups (broad SMARTS) is 1. The van der Waals surface area contributed by atoms with Crippen molar-refractivity contribution in [3.63, 3.8) is 0 Å². The largest absolute Gasteiger partial charge is 0.481 e. The fourth-order valence-electron chi connectivity index (χ4n) is 2.16. The molecule has 100 valence electrons. The van der Waals surface area contributed by atoms with Crippen molar-refractivity contribution in [2.45, 2.75) is 19.8 Å². The Kier molecular flexibility index (Phi) is 3.64. The van der Waals surface area contributed by atoms with Crippen LogP contribution in [-0.2, 0) is 9.59 Å². The third-order valence-corrected chi connectivity index (χ3v) is 3.46. The first-order valence-corrected chi connectivity index (χ1v) is 6.13. The molecule has 0 radical (unpaired) electrons. The number of carbonyl (C=O) groups excluding carboxylic acids is 2. The summed E-state index contributed by atoms with van der Waals surface area (Å²) in [6, 6.07) is 6.62. The summed E-state index contributed by atoms with van der Waals surface area (Å²) in [6.45, 7) is 1.45. The molecule has 1 aromatic carbocycles. The average Bonchev–Trinajstić information content (AvgIpc) is 2.26. The summed E-state index contributed by atoms with van der Waals surface area (Å²) >= 11 is 0. The SMILES string of the molecule is CC(=O)c1cccc(NC(=O)C2CCC2C(=O)O)c1. The topological polar surface area (TPSA) is 83.5 Å². The van der Waals surface area contributed by atoms with Crippen molar-refractivity contribution in [2.24, 2.45) is 11.8 Å². The third kappa shape index (κ3) is 2.81. The lowest BCUT2D eigenvalue weighted by Gasteiger charge is -2.31. The van der Waals surface area contributed by atoms with Crippen LogP contribution in [0.15, 0.2) is 24.3 Å². The zero-order chi connectivity index (χ0) is 14.0. The molecule has 0 aromatic heterocycles. The van der Waals surface area contributed by atoms with E-state index in [4.69, 9.17) is 5.11 Å². The summed E-state index contributed by atoms with van der Waals surface area (Å²) in [6.07, 6.45) is 1.14. The van der Waals surface area contributed by atoms with Gasteiger partial charge in [0.1, 0.15) is 0 Å². The van der Waals surface area contributed by atoms with Crippen molar-refractivity contribution in [1.82, 2.24) is 0 Å². The highest BCUT2D eigenvalue weighted by atomic mass is 16.4. The monoisotopic (exact) mass is 261 g/mol. The van der Waals surface area contributed by atoms with Gasteiger partial charge in [-0.25, -0.2) is 0 Å². The molecule has 2 unspecified atom stereocenters. The molecule has 0 spiro atoms. The molecule has 0 saturated heterocycles. The Morgan fingerprint density at radius 2 is 1.89 bits per heavy atom. The highest BCUT2D eigenvalue weighted by Gasteiger charge is 2.41. The van der Waals surface area contributed by atoms with Gasteiger partial charge in [0.05, 0.1) is 11.8 Å². The molecule has 2 N–H and O–H groups in total. The number of amides is 1. The van der Waals surface area contributed by atoms with Gasteiger partial charge >= 0.3 is 5.97 Å². The second kappa shape index (κ2) is 5.22. The molecule has 0 bridgehead atoms. The number of nitrogens with one attached hydrogen (secondary N) is 1. The molecule has 1 aliphatic rings. The lowest BCUT2D eigenvalue weighted by atomic mass is 9.73. The predicted octanol–water partition coefficient (Wildman–Crippen LogP) is 1.94. The van der Waals surface area contributed by atoms with Crippen LogP contribution in [0, 0.1) is 11.8 Å². The van der Waals surface area contributed by atoms with Crippen LogP contribution < -0.4 is 5.32 Å². The van der Waals surface area contributed by atoms with Crippen LogP contribution in [0.4, 0.5) is 5.69 Å². The number of carboxylic acids is 1. The Morgan fingerprint density at radius 3 is 2.42 bits per heavy atom. The van der Waals surface area contributed by atoms with E-state index in [9.17, 15) is 14.4 Å². The zero-order valence-electron chi connectivity index (χ0n) is 10.6. The molecule has 1 fully saturated rings. The normalized spacial score (nSPS) is 21.3. The van der Waals surface area contributed by atoms with Gasteiger partial charge < -0.3 is 10.4 Å². The molecule has 5 heteroatoms. The first-order chi connectivity index (χ1) is 8.99. The molecule has 0 aliphatic heterocycles. The van der Waals surface area contributed by atoms with E-state index in [-0.39, 0.29) is 11.7 Å². The van der Waals surface area contributed by atoms with Crippen molar-refractivity contribution < 1.29 is 19.5 Å². The summed E-state index contributed by atoms with van der Waals surface area (Å²) in [4.78, 5) is 34.0. The molecule has 2 rings (SSSR count). The molecule has 1 amide bonds. The maximum atomic E-state index is 11.9. The molecule has 0 heterocycles. The number of carbonyl (C=O) groups is 3. The minimum absolute atomic E-state index is 0.0804. The minimum atomic E-state index is -0.927. The van der Waals surface area contributed by atoms with Gasteiger partial charge in [-0.3, -0.25) is 14.4 Å². The van der Waals surface area contributed by atoms with Crippen LogP contribution in [0.25, 0.3) is 0 Å². The molecular formula is C14H15NO4. The summed E-state index contributed by atoms with van der Waals surface area (Å²) < 4.78 is 0. The zero-order valence-corrected chi connectivity index (χ0v) is 10.6. The Hall–Kier alpha value is -2.17. The van der Waals surface area contributed by atoms with Gasteiger partial charge in [0.15, 0.2) is 5.78 Å². The fourth-order valence-corrected chi connectivity index (χ4v) is 2.16. The van der Waals surface area contributed by atoms with Gasteiger partial charge in [0.25, 0.3) is 0 Å². The van der Waals surface area contributed by atoms with Crippen LogP contribution >= 0.6 is 0 Å². The quantitative estimate of drug-likeness (QED) is 0.811. The van der Waals surface area contributed by atoms with Crippen LogP contribution in [0.2, 0.25) is 0 Å². The van der Waals surface area contributed by atoms with Crippen LogP contribution in [0.3, 0.4) is 0 Å². The number of benzene rings is 1. The molecule has 1 aromatic rings. The van der Waals surface area contributed by atoms with E-state index in [2.05, 4.69) is 5.32 Å². The van der Waals surface area contributed by atoms with Gasteiger partial charge in [-0.1, -0.05) is 12.1 Å². The van der Waals surface area contributed by atoms with Crippen molar-refractivity contribution in [2.75, 3.05) is 5.32 Å². The number of Topliss-reactive ketones (excluding diaryl/α,β-unsaturated/α-hetero) is 1. The smallest absolute Gasteiger partial charge is 0.307 e. The summed E-state index contributed by atoms with van der Waals surface area (Å²) in [5, 5.41) is 11.6. The first-order valence-electron chi connectivity index (χ1n) is 6.13. The molecule has 1 saturated carbocycles. The summed E-state index contributed by atoms with van der Waals surface area (Å²) in [5.74, 6) is -2.36. The van der Waals surface area contributed by atoms with E-state index in [0.29, 0.717) is 24.1 Å². The van der Waals surface area contributed by atoms with E-state index < -0.39 is 17.8 Å².